The van der Waals surface area contributed by atoms with Gasteiger partial charge in [-0.15, -0.1) is 0 Å². The van der Waals surface area contributed by atoms with Gasteiger partial charge in [0.15, 0.2) is 0 Å². The van der Waals surface area contributed by atoms with E-state index in [1.165, 1.54) is 0 Å². The molecule has 0 saturated heterocycles. The van der Waals surface area contributed by atoms with E-state index in [4.69, 9.17) is 9.47 Å². The molecule has 0 heterocycles. The van der Waals surface area contributed by atoms with Gasteiger partial charge in [-0.2, -0.15) is 0 Å². The molecule has 0 radical (unpaired) electrons. The number of rotatable bonds is 5. The Labute approximate surface area is 79.5 Å². The third-order valence-corrected chi connectivity index (χ3v) is 1.80. The average molecular weight is 180 g/mol. The van der Waals surface area contributed by atoms with Crippen LogP contribution in [0.3, 0.4) is 0 Å². The molecule has 0 fully saturated rings. The molecule has 1 rings (SSSR count). The Balaban J connectivity index is 2.54. The first kappa shape index (κ1) is 10.1. The molecular weight excluding hydrogens is 164 g/mol. The summed E-state index contributed by atoms with van der Waals surface area (Å²) < 4.78 is 10.6. The number of hydrogen-bond acceptors (Lipinski definition) is 2. The lowest BCUT2D eigenvalue weighted by molar-refractivity contribution is 0.119. The van der Waals surface area contributed by atoms with Crippen molar-refractivity contribution >= 4 is 0 Å². The van der Waals surface area contributed by atoms with E-state index in [-0.39, 0.29) is 0 Å². The van der Waals surface area contributed by atoms with Gasteiger partial charge in [-0.1, -0.05) is 25.1 Å². The number of benzene rings is 1. The summed E-state index contributed by atoms with van der Waals surface area (Å²) in [5, 5.41) is 0. The molecule has 0 aliphatic carbocycles. The standard InChI is InChI=1S/C11H16O2/c1-3-8-13-9-10-6-4-5-7-11(10)12-2/h4-7H,3,8-9H2,1-2H3. The van der Waals surface area contributed by atoms with Crippen molar-refractivity contribution in [1.29, 1.82) is 0 Å². The largest absolute Gasteiger partial charge is 0.496 e. The van der Waals surface area contributed by atoms with Crippen LogP contribution >= 0.6 is 0 Å². The predicted octanol–water partition coefficient (Wildman–Crippen LogP) is 2.62. The molecule has 0 amide bonds. The van der Waals surface area contributed by atoms with Gasteiger partial charge in [0.05, 0.1) is 13.7 Å². The fourth-order valence-electron chi connectivity index (χ4n) is 1.15. The summed E-state index contributed by atoms with van der Waals surface area (Å²) in [6, 6.07) is 7.93. The van der Waals surface area contributed by atoms with Crippen molar-refractivity contribution in [2.45, 2.75) is 20.0 Å². The minimum absolute atomic E-state index is 0.637. The summed E-state index contributed by atoms with van der Waals surface area (Å²) in [6.45, 7) is 3.54. The number of para-hydroxylation sites is 1. The first-order valence-electron chi connectivity index (χ1n) is 4.58. The molecular formula is C11H16O2. The molecule has 0 N–H and O–H groups in total. The molecule has 0 spiro atoms. The number of ether oxygens (including phenoxy) is 2. The van der Waals surface area contributed by atoms with Crippen molar-refractivity contribution in [3.63, 3.8) is 0 Å². The lowest BCUT2D eigenvalue weighted by Crippen LogP contribution is -1.96. The smallest absolute Gasteiger partial charge is 0.124 e. The first-order valence-corrected chi connectivity index (χ1v) is 4.58. The number of hydrogen-bond donors (Lipinski definition) is 0. The molecule has 13 heavy (non-hydrogen) atoms. The van der Waals surface area contributed by atoms with E-state index in [9.17, 15) is 0 Å². The van der Waals surface area contributed by atoms with Crippen LogP contribution in [0.15, 0.2) is 24.3 Å². The normalized spacial score (nSPS) is 10.0. The van der Waals surface area contributed by atoms with Crippen LogP contribution in [0.1, 0.15) is 18.9 Å². The topological polar surface area (TPSA) is 18.5 Å². The van der Waals surface area contributed by atoms with Gasteiger partial charge >= 0.3 is 0 Å². The predicted molar refractivity (Wildman–Crippen MR) is 52.9 cm³/mol. The molecule has 72 valence electrons. The molecule has 2 heteroatoms. The highest BCUT2D eigenvalue weighted by atomic mass is 16.5. The molecule has 0 unspecified atom stereocenters. The van der Waals surface area contributed by atoms with Crippen LogP contribution in [0.5, 0.6) is 5.75 Å². The van der Waals surface area contributed by atoms with E-state index in [0.717, 1.165) is 24.3 Å². The fraction of sp³-hybridized carbons (Fsp3) is 0.455. The van der Waals surface area contributed by atoms with E-state index >= 15 is 0 Å². The summed E-state index contributed by atoms with van der Waals surface area (Å²) >= 11 is 0. The second kappa shape index (κ2) is 5.60. The second-order valence-corrected chi connectivity index (χ2v) is 2.86. The van der Waals surface area contributed by atoms with Crippen molar-refractivity contribution in [2.75, 3.05) is 13.7 Å². The lowest BCUT2D eigenvalue weighted by Gasteiger charge is -2.07. The Bertz CT molecular complexity index is 246. The molecule has 0 aliphatic rings. The van der Waals surface area contributed by atoms with E-state index in [2.05, 4.69) is 6.92 Å². The van der Waals surface area contributed by atoms with Crippen LogP contribution in [-0.2, 0) is 11.3 Å². The van der Waals surface area contributed by atoms with Crippen molar-refractivity contribution in [3.05, 3.63) is 29.8 Å². The Morgan fingerprint density at radius 1 is 1.23 bits per heavy atom. The monoisotopic (exact) mass is 180 g/mol. The van der Waals surface area contributed by atoms with E-state index in [1.54, 1.807) is 7.11 Å². The minimum atomic E-state index is 0.637. The zero-order valence-electron chi connectivity index (χ0n) is 8.25. The third-order valence-electron chi connectivity index (χ3n) is 1.80. The van der Waals surface area contributed by atoms with Crippen LogP contribution in [0, 0.1) is 0 Å². The van der Waals surface area contributed by atoms with E-state index in [0.29, 0.717) is 6.61 Å². The van der Waals surface area contributed by atoms with Crippen molar-refractivity contribution < 1.29 is 9.47 Å². The van der Waals surface area contributed by atoms with Gasteiger partial charge in [0.25, 0.3) is 0 Å². The van der Waals surface area contributed by atoms with Gasteiger partial charge in [-0.3, -0.25) is 0 Å². The van der Waals surface area contributed by atoms with Crippen LogP contribution in [0.4, 0.5) is 0 Å². The summed E-state index contributed by atoms with van der Waals surface area (Å²) in [4.78, 5) is 0. The SMILES string of the molecule is CCCOCc1ccccc1OC. The quantitative estimate of drug-likeness (QED) is 0.648. The van der Waals surface area contributed by atoms with Crippen LogP contribution in [0.25, 0.3) is 0 Å². The zero-order chi connectivity index (χ0) is 9.52. The van der Waals surface area contributed by atoms with Crippen molar-refractivity contribution in [3.8, 4) is 5.75 Å². The van der Waals surface area contributed by atoms with Crippen LogP contribution in [-0.4, -0.2) is 13.7 Å². The lowest BCUT2D eigenvalue weighted by atomic mass is 10.2. The summed E-state index contributed by atoms with van der Waals surface area (Å²) in [5.74, 6) is 0.901. The maximum absolute atomic E-state index is 5.43. The molecule has 0 saturated carbocycles. The molecule has 0 aromatic heterocycles. The van der Waals surface area contributed by atoms with Gasteiger partial charge in [0, 0.05) is 12.2 Å². The molecule has 1 aromatic rings. The van der Waals surface area contributed by atoms with Crippen molar-refractivity contribution in [2.24, 2.45) is 0 Å². The Morgan fingerprint density at radius 2 is 2.00 bits per heavy atom. The van der Waals surface area contributed by atoms with Crippen LogP contribution < -0.4 is 4.74 Å². The molecule has 1 aromatic carbocycles. The Morgan fingerprint density at radius 3 is 2.69 bits per heavy atom. The van der Waals surface area contributed by atoms with Crippen LogP contribution in [0.2, 0.25) is 0 Å². The molecule has 0 atom stereocenters. The van der Waals surface area contributed by atoms with Gasteiger partial charge in [0.1, 0.15) is 5.75 Å². The van der Waals surface area contributed by atoms with Gasteiger partial charge in [-0.25, -0.2) is 0 Å². The maximum atomic E-state index is 5.43. The number of methoxy groups -OCH3 is 1. The molecule has 0 bridgehead atoms. The van der Waals surface area contributed by atoms with Gasteiger partial charge < -0.3 is 9.47 Å². The first-order chi connectivity index (χ1) is 6.38. The van der Waals surface area contributed by atoms with Gasteiger partial charge in [-0.05, 0) is 12.5 Å². The van der Waals surface area contributed by atoms with Gasteiger partial charge in [0.2, 0.25) is 0 Å². The highest BCUT2D eigenvalue weighted by Crippen LogP contribution is 2.17. The van der Waals surface area contributed by atoms with E-state index < -0.39 is 0 Å². The summed E-state index contributed by atoms with van der Waals surface area (Å²) in [5.41, 5.74) is 1.11. The Hall–Kier alpha value is -1.02. The summed E-state index contributed by atoms with van der Waals surface area (Å²) in [7, 11) is 1.68. The third kappa shape index (κ3) is 3.07. The molecule has 0 aliphatic heterocycles. The second-order valence-electron chi connectivity index (χ2n) is 2.86. The minimum Gasteiger partial charge on any atom is -0.496 e. The fourth-order valence-corrected chi connectivity index (χ4v) is 1.15. The average Bonchev–Trinajstić information content (AvgIpc) is 2.19. The maximum Gasteiger partial charge on any atom is 0.124 e. The Kier molecular flexibility index (Phi) is 4.33. The van der Waals surface area contributed by atoms with E-state index in [1.807, 2.05) is 24.3 Å². The summed E-state index contributed by atoms with van der Waals surface area (Å²) in [6.07, 6.45) is 1.05. The highest BCUT2D eigenvalue weighted by Gasteiger charge is 1.99. The molecule has 2 nitrogen and oxygen atoms in total. The van der Waals surface area contributed by atoms with Crippen molar-refractivity contribution in [1.82, 2.24) is 0 Å². The zero-order valence-corrected chi connectivity index (χ0v) is 8.25. The highest BCUT2D eigenvalue weighted by molar-refractivity contribution is 5.32.